The molecular formula is C57H70N14O29P4S4-4. The number of H-pyrrole nitrogens is 4. The normalized spacial score (nSPS) is 35.6. The Kier molecular flexibility index (Phi) is 21.2. The quantitative estimate of drug-likeness (QED) is 0.0210. The van der Waals surface area contributed by atoms with E-state index in [1.54, 1.807) is 13.8 Å². The van der Waals surface area contributed by atoms with E-state index in [4.69, 9.17) is 133 Å². The number of aliphatic hydroxyl groups is 1. The molecule has 590 valence electrons. The number of nitrogens with one attached hydrogen (secondary N) is 4. The molecule has 25 atom stereocenters. The number of aliphatic hydroxyl groups excluding tert-OH is 1. The van der Waals surface area contributed by atoms with Gasteiger partial charge in [0.1, 0.15) is 98.0 Å². The Labute approximate surface area is 627 Å². The predicted octanol–water partition coefficient (Wildman–Crippen LogP) is -3.05. The minimum absolute atomic E-state index is 0.0236. The van der Waals surface area contributed by atoms with Crippen LogP contribution in [0.4, 0.5) is 11.8 Å². The highest BCUT2D eigenvalue weighted by molar-refractivity contribution is 8.32. The maximum atomic E-state index is 15.3. The average Bonchev–Trinajstić information content (AvgIpc) is 1.56. The van der Waals surface area contributed by atoms with Crippen LogP contribution in [0, 0.1) is 27.7 Å². The fourth-order valence-corrected chi connectivity index (χ4v) is 20.4. The summed E-state index contributed by atoms with van der Waals surface area (Å²) < 4.78 is 119. The van der Waals surface area contributed by atoms with Gasteiger partial charge in [0.25, 0.3) is 22.2 Å². The fourth-order valence-electron chi connectivity index (χ4n) is 14.7. The number of ether oxygens (including phenoxy) is 8. The van der Waals surface area contributed by atoms with Crippen molar-refractivity contribution >= 4 is 97.6 Å². The first kappa shape index (κ1) is 79.3. The number of aromatic nitrogens is 12. The Bertz CT molecular complexity index is 5310. The molecule has 0 aromatic carbocycles. The van der Waals surface area contributed by atoms with Crippen LogP contribution in [0.3, 0.4) is 0 Å². The monoisotopic (exact) mass is 1670 g/mol. The van der Waals surface area contributed by atoms with Gasteiger partial charge in [-0.3, -0.25) is 66.5 Å². The van der Waals surface area contributed by atoms with Gasteiger partial charge in [-0.05, 0) is 54.9 Å². The van der Waals surface area contributed by atoms with Crippen LogP contribution in [0.1, 0.15) is 100 Å². The van der Waals surface area contributed by atoms with Crippen molar-refractivity contribution in [1.29, 1.82) is 0 Å². The van der Waals surface area contributed by atoms with E-state index in [0.717, 1.165) is 30.8 Å². The Balaban J connectivity index is 0.727. The second kappa shape index (κ2) is 28.9. The number of rotatable bonds is 26. The van der Waals surface area contributed by atoms with E-state index < -0.39 is 232 Å². The average molecular weight is 1670 g/mol. The molecule has 8 aliphatic heterocycles. The number of imidazole rings is 1. The molecule has 0 radical (unpaired) electrons. The molecule has 51 heteroatoms. The maximum Gasteiger partial charge on any atom is 0.351 e. The highest BCUT2D eigenvalue weighted by atomic mass is 32.7. The second-order valence-electron chi connectivity index (χ2n) is 27.2. The molecule has 0 saturated carbocycles. The van der Waals surface area contributed by atoms with Crippen molar-refractivity contribution in [2.24, 2.45) is 0 Å². The number of anilines is 2. The summed E-state index contributed by atoms with van der Waals surface area (Å²) in [7, 11) is 0. The second-order valence-corrected chi connectivity index (χ2v) is 38.0. The van der Waals surface area contributed by atoms with Crippen LogP contribution in [0.5, 0.6) is 0 Å². The molecule has 6 aromatic heterocycles. The van der Waals surface area contributed by atoms with Crippen LogP contribution >= 0.6 is 27.0 Å². The summed E-state index contributed by atoms with van der Waals surface area (Å²) in [5.41, 5.74) is -0.428. The van der Waals surface area contributed by atoms with Crippen LogP contribution in [0.2, 0.25) is 0 Å². The first-order valence-electron chi connectivity index (χ1n) is 33.2. The van der Waals surface area contributed by atoms with Gasteiger partial charge in [-0.1, -0.05) is 42.3 Å². The van der Waals surface area contributed by atoms with Crippen molar-refractivity contribution in [3.05, 3.63) is 137 Å². The first-order valence-corrected chi connectivity index (χ1v) is 43.5. The van der Waals surface area contributed by atoms with E-state index in [2.05, 4.69) is 34.9 Å². The van der Waals surface area contributed by atoms with Crippen molar-refractivity contribution in [3.8, 4) is 0 Å². The molecule has 9 unspecified atom stereocenters. The minimum Gasteiger partial charge on any atom is -0.780 e. The summed E-state index contributed by atoms with van der Waals surface area (Å²) in [6, 6.07) is 0. The smallest absolute Gasteiger partial charge is 0.351 e. The number of hydrogen-bond donors (Lipinski definition) is 7. The third-order valence-corrected chi connectivity index (χ3v) is 26.5. The molecule has 0 aliphatic carbocycles. The topological polar surface area (TPSA) is 569 Å². The Hall–Kier alpha value is -5.40. The standard InChI is InChI=1S/C57H74N14O29P4S4/c1-9-28-29(10-32(92-28)67-13-22(3)43(73)64-52(67)78)97-101(81,105)85-16-31-30(11-33(93-31)68-14-23(4)44(74)65-53(68)79)98-102(82,106)87-18-57-27(8)91-37(49(96-57)71-20-60-34-42(71)62-50(59)63-46(34)76)40(57)100-104(84,108)88-19-56-26(7)90-36(48(95-56)70-15-24(5)45(75)66-54(70)80)39(56)99-103(83,107)86-17-55-25(6)89-35(38(55)72)47(94-55)69-12-21(2)41(58)61-51(69)77/h12-15,20,25-33,35-40,47-49,72H,9-11,16-19H2,1-8H3,(H,81,105)(H,82,106)(H,83,107)(H,84,108)(H2,58,61,77)(H,64,73,78)(H,65,74,79)(H,66,75,80)(H3,59,62,63,76)/p-4/t25-,26-,27-,28+,29?,30?,31+,32+,33+,35-,36-,37+,38?,39?,40?,47+,48+,49+,55-,56-,57-,101?,102?,103?,104?/m0/s1. The number of aromatic amines is 4. The van der Waals surface area contributed by atoms with Crippen molar-refractivity contribution in [1.82, 2.24) is 57.7 Å². The number of hydrogen-bond acceptors (Lipinski definition) is 38. The molecule has 108 heavy (non-hydrogen) atoms. The fraction of sp³-hybridized carbons (Fsp3) is 0.632. The summed E-state index contributed by atoms with van der Waals surface area (Å²) in [6.45, 7) is -11.2. The van der Waals surface area contributed by atoms with Crippen LogP contribution < -0.4 is 71.1 Å². The lowest BCUT2D eigenvalue weighted by Gasteiger charge is -2.42. The van der Waals surface area contributed by atoms with Gasteiger partial charge in [-0.2, -0.15) is 9.97 Å². The minimum atomic E-state index is -5.17. The van der Waals surface area contributed by atoms with Gasteiger partial charge in [-0.15, -0.1) is 0 Å². The molecule has 43 nitrogen and oxygen atoms in total. The molecule has 14 rings (SSSR count). The number of nitrogen functional groups attached to an aromatic ring is 2. The van der Waals surface area contributed by atoms with Crippen molar-refractivity contribution in [2.45, 2.75) is 202 Å². The predicted molar refractivity (Wildman–Crippen MR) is 374 cm³/mol. The Morgan fingerprint density at radius 2 is 1.01 bits per heavy atom. The van der Waals surface area contributed by atoms with E-state index in [9.17, 15) is 57.8 Å². The maximum absolute atomic E-state index is 15.3. The zero-order valence-corrected chi connectivity index (χ0v) is 64.6. The lowest BCUT2D eigenvalue weighted by molar-refractivity contribution is -0.246. The van der Waals surface area contributed by atoms with Crippen molar-refractivity contribution in [2.75, 3.05) is 37.9 Å². The molecule has 9 N–H and O–H groups in total. The van der Waals surface area contributed by atoms with Gasteiger partial charge < -0.3 is 118 Å². The number of fused-ring (bicyclic) bond motifs is 7. The Morgan fingerprint density at radius 1 is 0.574 bits per heavy atom. The van der Waals surface area contributed by atoms with Crippen LogP contribution in [-0.4, -0.2) is 185 Å². The molecular weight excluding hydrogens is 1600 g/mol. The van der Waals surface area contributed by atoms with E-state index in [1.807, 2.05) is 0 Å². The molecule has 0 spiro atoms. The summed E-state index contributed by atoms with van der Waals surface area (Å²) in [5, 5.41) is 11.7. The van der Waals surface area contributed by atoms with E-state index >= 15 is 4.89 Å². The SMILES string of the molecule is CC[C@H]1O[C@@H](n2cc(C)c(=O)[nH]c2=O)CC1OP(=O)([S-])OC[C@H]1O[C@@H](n2cc(C)c(=O)[nH]c2=O)CC1OP([O-])(=S)OC[C@]12O[C@@H](n3cnc4c(=O)[nH]c(N)nc43)[C@H](O[C@H]1C)C2OP([O-])(=S)OC[C@]12O[C@@H](n3cc(C)c(=O)[nH]c3=O)[C@@H](O[C@H]1C)C2OP([O-])(=S)OC[C@]12O[C@@H](n3cc(C)c(N)nc3=O)[C@@H](O[C@H]1C)C2O. The van der Waals surface area contributed by atoms with Crippen LogP contribution in [0.15, 0.2) is 69.5 Å². The third-order valence-electron chi connectivity index (χ3n) is 20.4. The van der Waals surface area contributed by atoms with Gasteiger partial charge in [0, 0.05) is 59.9 Å². The number of nitrogens with two attached hydrogens (primary N) is 2. The summed E-state index contributed by atoms with van der Waals surface area (Å²) >= 11 is 22.2. The number of nitrogens with zero attached hydrogens (tertiary/aromatic N) is 8. The van der Waals surface area contributed by atoms with Crippen molar-refractivity contribution in [3.63, 3.8) is 0 Å². The van der Waals surface area contributed by atoms with Gasteiger partial charge in [0.05, 0.1) is 69.4 Å². The lowest BCUT2D eigenvalue weighted by Crippen LogP contribution is -2.52. The first-order chi connectivity index (χ1) is 50.7. The highest BCUT2D eigenvalue weighted by Gasteiger charge is 2.71. The van der Waals surface area contributed by atoms with Gasteiger partial charge >= 0.3 is 22.8 Å². The zero-order valence-electron chi connectivity index (χ0n) is 57.8. The molecule has 8 aliphatic rings. The summed E-state index contributed by atoms with van der Waals surface area (Å²) in [4.78, 5) is 170. The van der Waals surface area contributed by atoms with Crippen LogP contribution in [-0.2, 0) is 126 Å². The number of aryl methyl sites for hydroxylation is 4. The summed E-state index contributed by atoms with van der Waals surface area (Å²) in [6.07, 6.45) is -18.2. The van der Waals surface area contributed by atoms with E-state index in [-0.39, 0.29) is 52.5 Å². The highest BCUT2D eigenvalue weighted by Crippen LogP contribution is 2.62. The van der Waals surface area contributed by atoms with Crippen molar-refractivity contribution < 1.29 is 98.4 Å². The molecule has 8 fully saturated rings. The largest absolute Gasteiger partial charge is 0.780 e. The Morgan fingerprint density at radius 3 is 1.55 bits per heavy atom. The summed E-state index contributed by atoms with van der Waals surface area (Å²) in [5.74, 6) is -0.403. The molecule has 6 bridgehead atoms. The van der Waals surface area contributed by atoms with Gasteiger partial charge in [0.15, 0.2) is 36.6 Å². The lowest BCUT2D eigenvalue weighted by atomic mass is 9.94. The van der Waals surface area contributed by atoms with E-state index in [1.165, 1.54) is 64.7 Å². The molecule has 6 aromatic rings. The molecule has 14 heterocycles. The van der Waals surface area contributed by atoms with Crippen LogP contribution in [0.25, 0.3) is 11.2 Å². The zero-order chi connectivity index (χ0) is 77.8. The van der Waals surface area contributed by atoms with Gasteiger partial charge in [-0.25, -0.2) is 24.2 Å². The molecule has 8 saturated heterocycles. The van der Waals surface area contributed by atoms with Gasteiger partial charge in [0.2, 0.25) is 5.95 Å². The van der Waals surface area contributed by atoms with E-state index in [0.29, 0.717) is 5.56 Å². The third kappa shape index (κ3) is 14.4. The molecule has 0 amide bonds.